The number of furan rings is 1. The van der Waals surface area contributed by atoms with E-state index in [9.17, 15) is 8.42 Å². The number of nitrogens with one attached hydrogen (secondary N) is 1. The van der Waals surface area contributed by atoms with Gasteiger partial charge in [0.1, 0.15) is 5.76 Å². The van der Waals surface area contributed by atoms with Crippen LogP contribution in [0, 0.1) is 5.92 Å². The van der Waals surface area contributed by atoms with E-state index in [2.05, 4.69) is 26.1 Å². The monoisotopic (exact) mass is 288 g/mol. The molecule has 19 heavy (non-hydrogen) atoms. The molecule has 1 rings (SSSR count). The molecule has 1 aromatic heterocycles. The van der Waals surface area contributed by atoms with E-state index in [1.54, 1.807) is 6.07 Å². The largest absolute Gasteiger partial charge is 0.447 e. The molecule has 110 valence electrons. The molecule has 0 saturated heterocycles. The van der Waals surface area contributed by atoms with Crippen LogP contribution in [-0.4, -0.2) is 32.9 Å². The van der Waals surface area contributed by atoms with Crippen LogP contribution in [-0.2, 0) is 16.6 Å². The Balaban J connectivity index is 2.67. The van der Waals surface area contributed by atoms with Gasteiger partial charge in [-0.25, -0.2) is 12.7 Å². The summed E-state index contributed by atoms with van der Waals surface area (Å²) in [5.41, 5.74) is 0. The third-order valence-corrected chi connectivity index (χ3v) is 5.16. The Morgan fingerprint density at radius 2 is 1.95 bits per heavy atom. The van der Waals surface area contributed by atoms with Gasteiger partial charge in [-0.05, 0) is 25.0 Å². The Kier molecular flexibility index (Phi) is 5.58. The molecular weight excluding hydrogens is 264 g/mol. The zero-order valence-corrected chi connectivity index (χ0v) is 13.1. The highest BCUT2D eigenvalue weighted by atomic mass is 32.2. The van der Waals surface area contributed by atoms with Crippen molar-refractivity contribution in [3.05, 3.63) is 17.9 Å². The summed E-state index contributed by atoms with van der Waals surface area (Å²) in [5.74, 6) is 1.20. The van der Waals surface area contributed by atoms with E-state index in [4.69, 9.17) is 4.42 Å². The van der Waals surface area contributed by atoms with Crippen molar-refractivity contribution >= 4 is 10.0 Å². The van der Waals surface area contributed by atoms with E-state index >= 15 is 0 Å². The van der Waals surface area contributed by atoms with Crippen molar-refractivity contribution in [3.63, 3.8) is 0 Å². The second-order valence-electron chi connectivity index (χ2n) is 5.06. The molecule has 1 heterocycles. The molecule has 0 spiro atoms. The first kappa shape index (κ1) is 16.2. The molecule has 0 amide bonds. The third-order valence-electron chi connectivity index (χ3n) is 3.47. The predicted molar refractivity (Wildman–Crippen MR) is 75.3 cm³/mol. The lowest BCUT2D eigenvalue weighted by molar-refractivity contribution is 0.348. The molecule has 1 aromatic rings. The van der Waals surface area contributed by atoms with Gasteiger partial charge in [-0.2, -0.15) is 0 Å². The van der Waals surface area contributed by atoms with E-state index < -0.39 is 10.0 Å². The summed E-state index contributed by atoms with van der Waals surface area (Å²) in [6.45, 7) is 6.99. The standard InChI is InChI=1S/C13H24N2O3S/c1-6-10(2)11(3)14-9-12-7-8-13(18-12)19(16,17)15(4)5/h7-8,10-11,14H,6,9H2,1-5H3. The highest BCUT2D eigenvalue weighted by Gasteiger charge is 2.21. The quantitative estimate of drug-likeness (QED) is 0.834. The van der Waals surface area contributed by atoms with Gasteiger partial charge in [-0.1, -0.05) is 20.3 Å². The van der Waals surface area contributed by atoms with Gasteiger partial charge in [0.2, 0.25) is 5.09 Å². The fraction of sp³-hybridized carbons (Fsp3) is 0.692. The summed E-state index contributed by atoms with van der Waals surface area (Å²) < 4.78 is 30.2. The van der Waals surface area contributed by atoms with Crippen molar-refractivity contribution in [1.82, 2.24) is 9.62 Å². The van der Waals surface area contributed by atoms with Crippen LogP contribution in [0.3, 0.4) is 0 Å². The van der Waals surface area contributed by atoms with Gasteiger partial charge < -0.3 is 9.73 Å². The van der Waals surface area contributed by atoms with Gasteiger partial charge in [-0.3, -0.25) is 0 Å². The minimum Gasteiger partial charge on any atom is -0.447 e. The smallest absolute Gasteiger partial charge is 0.275 e. The van der Waals surface area contributed by atoms with E-state index in [0.29, 0.717) is 24.3 Å². The van der Waals surface area contributed by atoms with Crippen molar-refractivity contribution in [1.29, 1.82) is 0 Å². The van der Waals surface area contributed by atoms with Crippen molar-refractivity contribution in [3.8, 4) is 0 Å². The highest BCUT2D eigenvalue weighted by Crippen LogP contribution is 2.17. The number of sulfonamides is 1. The lowest BCUT2D eigenvalue weighted by Crippen LogP contribution is -2.31. The molecule has 0 aliphatic carbocycles. The van der Waals surface area contributed by atoms with Gasteiger partial charge in [0.25, 0.3) is 10.0 Å². The average molecular weight is 288 g/mol. The van der Waals surface area contributed by atoms with E-state index in [0.717, 1.165) is 10.7 Å². The summed E-state index contributed by atoms with van der Waals surface area (Å²) in [6, 6.07) is 3.57. The van der Waals surface area contributed by atoms with Crippen LogP contribution >= 0.6 is 0 Å². The molecular formula is C13H24N2O3S. The van der Waals surface area contributed by atoms with Gasteiger partial charge in [0, 0.05) is 20.1 Å². The average Bonchev–Trinajstić information content (AvgIpc) is 2.84. The van der Waals surface area contributed by atoms with E-state index in [1.807, 2.05) is 0 Å². The second-order valence-corrected chi connectivity index (χ2v) is 7.15. The SMILES string of the molecule is CCC(C)C(C)NCc1ccc(S(=O)(=O)N(C)C)o1. The molecule has 0 fully saturated rings. The molecule has 0 aromatic carbocycles. The van der Waals surface area contributed by atoms with Crippen molar-refractivity contribution in [2.75, 3.05) is 14.1 Å². The maximum Gasteiger partial charge on any atom is 0.275 e. The molecule has 0 radical (unpaired) electrons. The molecule has 0 saturated carbocycles. The summed E-state index contributed by atoms with van der Waals surface area (Å²) in [4.78, 5) is 0. The summed E-state index contributed by atoms with van der Waals surface area (Å²) >= 11 is 0. The first-order chi connectivity index (χ1) is 8.78. The molecule has 5 nitrogen and oxygen atoms in total. The van der Waals surface area contributed by atoms with Crippen LogP contribution in [0.1, 0.15) is 33.0 Å². The highest BCUT2D eigenvalue weighted by molar-refractivity contribution is 7.88. The Morgan fingerprint density at radius 1 is 1.32 bits per heavy atom. The van der Waals surface area contributed by atoms with Crippen LogP contribution in [0.25, 0.3) is 0 Å². The molecule has 2 unspecified atom stereocenters. The normalized spacial score (nSPS) is 15.7. The number of nitrogens with zero attached hydrogens (tertiary/aromatic N) is 1. The molecule has 6 heteroatoms. The molecule has 1 N–H and O–H groups in total. The Bertz CT molecular complexity index is 494. The Hall–Kier alpha value is -0.850. The van der Waals surface area contributed by atoms with E-state index in [-0.39, 0.29) is 5.09 Å². The van der Waals surface area contributed by atoms with Crippen LogP contribution in [0.5, 0.6) is 0 Å². The lowest BCUT2D eigenvalue weighted by Gasteiger charge is -2.19. The summed E-state index contributed by atoms with van der Waals surface area (Å²) in [7, 11) is -0.503. The van der Waals surface area contributed by atoms with Crippen LogP contribution in [0.2, 0.25) is 0 Å². The minimum absolute atomic E-state index is 0.00880. The minimum atomic E-state index is -3.48. The fourth-order valence-electron chi connectivity index (χ4n) is 1.59. The second kappa shape index (κ2) is 6.54. The van der Waals surface area contributed by atoms with Crippen LogP contribution in [0.4, 0.5) is 0 Å². The van der Waals surface area contributed by atoms with Gasteiger partial charge in [-0.15, -0.1) is 0 Å². The van der Waals surface area contributed by atoms with Crippen molar-refractivity contribution < 1.29 is 12.8 Å². The molecule has 0 aliphatic heterocycles. The molecule has 0 bridgehead atoms. The predicted octanol–water partition coefficient (Wildman–Crippen LogP) is 2.05. The van der Waals surface area contributed by atoms with Crippen LogP contribution < -0.4 is 5.32 Å². The zero-order valence-electron chi connectivity index (χ0n) is 12.3. The van der Waals surface area contributed by atoms with Crippen LogP contribution in [0.15, 0.2) is 21.6 Å². The summed E-state index contributed by atoms with van der Waals surface area (Å²) in [6.07, 6.45) is 1.10. The number of hydrogen-bond donors (Lipinski definition) is 1. The zero-order chi connectivity index (χ0) is 14.6. The topological polar surface area (TPSA) is 62.6 Å². The number of rotatable bonds is 7. The fourth-order valence-corrected chi connectivity index (χ4v) is 2.40. The Labute approximate surface area is 116 Å². The lowest BCUT2D eigenvalue weighted by atomic mass is 10.0. The molecule has 2 atom stereocenters. The maximum atomic E-state index is 11.8. The van der Waals surface area contributed by atoms with Gasteiger partial charge >= 0.3 is 0 Å². The van der Waals surface area contributed by atoms with E-state index in [1.165, 1.54) is 20.2 Å². The van der Waals surface area contributed by atoms with Crippen molar-refractivity contribution in [2.45, 2.75) is 44.9 Å². The first-order valence-corrected chi connectivity index (χ1v) is 7.97. The Morgan fingerprint density at radius 3 is 2.47 bits per heavy atom. The maximum absolute atomic E-state index is 11.8. The molecule has 0 aliphatic rings. The van der Waals surface area contributed by atoms with Gasteiger partial charge in [0.15, 0.2) is 0 Å². The van der Waals surface area contributed by atoms with Gasteiger partial charge in [0.05, 0.1) is 6.54 Å². The summed E-state index contributed by atoms with van der Waals surface area (Å²) in [5, 5.41) is 3.33. The number of hydrogen-bond acceptors (Lipinski definition) is 4. The van der Waals surface area contributed by atoms with Crippen molar-refractivity contribution in [2.24, 2.45) is 5.92 Å². The first-order valence-electron chi connectivity index (χ1n) is 6.53. The third kappa shape index (κ3) is 4.06.